The molecule has 0 spiro atoms. The molecule has 1 N–H and O–H groups in total. The van der Waals surface area contributed by atoms with Gasteiger partial charge in [0.1, 0.15) is 5.82 Å². The highest BCUT2D eigenvalue weighted by molar-refractivity contribution is 6.30. The lowest BCUT2D eigenvalue weighted by Crippen LogP contribution is -2.28. The van der Waals surface area contributed by atoms with Gasteiger partial charge in [-0.3, -0.25) is 0 Å². The highest BCUT2D eigenvalue weighted by Gasteiger charge is 2.23. The van der Waals surface area contributed by atoms with Gasteiger partial charge in [-0.2, -0.15) is 0 Å². The second-order valence-electron chi connectivity index (χ2n) is 6.13. The third-order valence-corrected chi connectivity index (χ3v) is 4.11. The van der Waals surface area contributed by atoms with Gasteiger partial charge >= 0.3 is 0 Å². The van der Waals surface area contributed by atoms with Crippen LogP contribution in [-0.2, 0) is 0 Å². The van der Waals surface area contributed by atoms with Gasteiger partial charge in [-0.05, 0) is 49.3 Å². The molecule has 106 valence electrons. The Morgan fingerprint density at radius 1 is 1.37 bits per heavy atom. The molecule has 2 unspecified atom stereocenters. The first-order chi connectivity index (χ1) is 9.04. The molecule has 1 aliphatic carbocycles. The van der Waals surface area contributed by atoms with E-state index in [1.165, 1.54) is 25.3 Å². The maximum atomic E-state index is 13.8. The molecule has 0 saturated heterocycles. The lowest BCUT2D eigenvalue weighted by molar-refractivity contribution is 0.288. The molecule has 0 bridgehead atoms. The second kappa shape index (κ2) is 6.60. The molecule has 1 aliphatic rings. The van der Waals surface area contributed by atoms with Crippen LogP contribution in [0.3, 0.4) is 0 Å². The fourth-order valence-corrected chi connectivity index (χ4v) is 3.29. The van der Waals surface area contributed by atoms with Crippen LogP contribution >= 0.6 is 11.6 Å². The summed E-state index contributed by atoms with van der Waals surface area (Å²) in [6.45, 7) is 4.55. The van der Waals surface area contributed by atoms with Crippen molar-refractivity contribution in [2.24, 2.45) is 11.8 Å². The van der Waals surface area contributed by atoms with Gasteiger partial charge in [-0.15, -0.1) is 0 Å². The van der Waals surface area contributed by atoms with Crippen molar-refractivity contribution in [3.63, 3.8) is 0 Å². The summed E-state index contributed by atoms with van der Waals surface area (Å²) in [4.78, 5) is 0. The molecule has 1 aromatic rings. The minimum atomic E-state index is -0.251. The van der Waals surface area contributed by atoms with Crippen molar-refractivity contribution in [1.29, 1.82) is 0 Å². The Morgan fingerprint density at radius 2 is 2.16 bits per heavy atom. The molecule has 2 rings (SSSR count). The first kappa shape index (κ1) is 14.6. The minimum Gasteiger partial charge on any atom is -0.380 e. The molecule has 0 heterocycles. The van der Waals surface area contributed by atoms with E-state index in [4.69, 9.17) is 11.6 Å². The molecule has 0 amide bonds. The zero-order valence-corrected chi connectivity index (χ0v) is 12.5. The van der Waals surface area contributed by atoms with Crippen molar-refractivity contribution in [2.75, 3.05) is 5.32 Å². The van der Waals surface area contributed by atoms with Gasteiger partial charge in [-0.25, -0.2) is 4.39 Å². The first-order valence-electron chi connectivity index (χ1n) is 7.26. The van der Waals surface area contributed by atoms with Crippen LogP contribution in [0, 0.1) is 17.7 Å². The molecule has 2 atom stereocenters. The van der Waals surface area contributed by atoms with E-state index in [2.05, 4.69) is 19.2 Å². The van der Waals surface area contributed by atoms with Gasteiger partial charge in [0.15, 0.2) is 0 Å². The normalized spacial score (nSPS) is 23.6. The summed E-state index contributed by atoms with van der Waals surface area (Å²) >= 11 is 5.77. The zero-order valence-electron chi connectivity index (χ0n) is 11.8. The summed E-state index contributed by atoms with van der Waals surface area (Å²) in [5.41, 5.74) is 0.583. The van der Waals surface area contributed by atoms with Gasteiger partial charge in [-0.1, -0.05) is 38.3 Å². The van der Waals surface area contributed by atoms with E-state index in [1.807, 2.05) is 0 Å². The fourth-order valence-electron chi connectivity index (χ4n) is 3.13. The molecule has 1 fully saturated rings. The van der Waals surface area contributed by atoms with E-state index < -0.39 is 0 Å². The van der Waals surface area contributed by atoms with Gasteiger partial charge in [0.05, 0.1) is 5.69 Å². The highest BCUT2D eigenvalue weighted by Crippen LogP contribution is 2.31. The largest absolute Gasteiger partial charge is 0.380 e. The highest BCUT2D eigenvalue weighted by atomic mass is 35.5. The molecule has 1 nitrogen and oxygen atoms in total. The van der Waals surface area contributed by atoms with Crippen LogP contribution in [0.25, 0.3) is 0 Å². The second-order valence-corrected chi connectivity index (χ2v) is 6.56. The Hall–Kier alpha value is -0.760. The predicted octanol–water partition coefficient (Wildman–Crippen LogP) is 5.50. The van der Waals surface area contributed by atoms with Crippen LogP contribution in [0.2, 0.25) is 5.02 Å². The smallest absolute Gasteiger partial charge is 0.147 e. The van der Waals surface area contributed by atoms with Gasteiger partial charge in [0.2, 0.25) is 0 Å². The summed E-state index contributed by atoms with van der Waals surface area (Å²) in [6.07, 6.45) is 6.13. The zero-order chi connectivity index (χ0) is 13.8. The lowest BCUT2D eigenvalue weighted by atomic mass is 9.81. The Kier molecular flexibility index (Phi) is 5.09. The molecule has 0 radical (unpaired) electrons. The molecular weight excluding hydrogens is 261 g/mol. The summed E-state index contributed by atoms with van der Waals surface area (Å²) in [5.74, 6) is 1.27. The van der Waals surface area contributed by atoms with Crippen molar-refractivity contribution in [3.05, 3.63) is 29.0 Å². The van der Waals surface area contributed by atoms with E-state index in [0.717, 1.165) is 24.7 Å². The number of rotatable bonds is 4. The van der Waals surface area contributed by atoms with Gasteiger partial charge in [0.25, 0.3) is 0 Å². The number of halogens is 2. The van der Waals surface area contributed by atoms with Crippen molar-refractivity contribution in [2.45, 2.75) is 52.0 Å². The molecule has 19 heavy (non-hydrogen) atoms. The molecule has 0 aliphatic heterocycles. The summed E-state index contributed by atoms with van der Waals surface area (Å²) in [7, 11) is 0. The average molecular weight is 284 g/mol. The van der Waals surface area contributed by atoms with Crippen molar-refractivity contribution in [1.82, 2.24) is 0 Å². The first-order valence-corrected chi connectivity index (χ1v) is 7.64. The maximum absolute atomic E-state index is 13.8. The minimum absolute atomic E-state index is 0.251. The van der Waals surface area contributed by atoms with E-state index in [9.17, 15) is 4.39 Å². The number of anilines is 1. The molecule has 1 saturated carbocycles. The Balaban J connectivity index is 1.94. The Labute approximate surface area is 120 Å². The van der Waals surface area contributed by atoms with E-state index >= 15 is 0 Å². The van der Waals surface area contributed by atoms with Gasteiger partial charge in [0, 0.05) is 11.1 Å². The topological polar surface area (TPSA) is 12.0 Å². The summed E-state index contributed by atoms with van der Waals surface area (Å²) in [5, 5.41) is 3.79. The summed E-state index contributed by atoms with van der Waals surface area (Å²) < 4.78 is 13.8. The quantitative estimate of drug-likeness (QED) is 0.770. The van der Waals surface area contributed by atoms with Crippen molar-refractivity contribution >= 4 is 17.3 Å². The van der Waals surface area contributed by atoms with Crippen LogP contribution in [0.1, 0.15) is 46.0 Å². The third kappa shape index (κ3) is 4.38. The van der Waals surface area contributed by atoms with Gasteiger partial charge < -0.3 is 5.32 Å². The van der Waals surface area contributed by atoms with E-state index in [0.29, 0.717) is 16.8 Å². The maximum Gasteiger partial charge on any atom is 0.147 e. The number of hydrogen-bond acceptors (Lipinski definition) is 1. The lowest BCUT2D eigenvalue weighted by Gasteiger charge is -2.31. The fraction of sp³-hybridized carbons (Fsp3) is 0.625. The Bertz CT molecular complexity index is 419. The molecule has 1 aromatic carbocycles. The molecule has 3 heteroatoms. The average Bonchev–Trinajstić information content (AvgIpc) is 2.32. The van der Waals surface area contributed by atoms with Crippen LogP contribution in [0.15, 0.2) is 18.2 Å². The predicted molar refractivity (Wildman–Crippen MR) is 80.2 cm³/mol. The van der Waals surface area contributed by atoms with Crippen molar-refractivity contribution < 1.29 is 4.39 Å². The van der Waals surface area contributed by atoms with Crippen LogP contribution < -0.4 is 5.32 Å². The standard InChI is InChI=1S/C16H23ClFN/c1-11(2)8-12-4-3-5-14(9-12)19-16-7-6-13(17)10-15(16)18/h6-7,10-12,14,19H,3-5,8-9H2,1-2H3. The molecule has 0 aromatic heterocycles. The van der Waals surface area contributed by atoms with Crippen LogP contribution in [-0.4, -0.2) is 6.04 Å². The monoisotopic (exact) mass is 283 g/mol. The SMILES string of the molecule is CC(C)CC1CCCC(Nc2ccc(Cl)cc2F)C1. The summed E-state index contributed by atoms with van der Waals surface area (Å²) in [6, 6.07) is 5.25. The number of nitrogens with one attached hydrogen (secondary N) is 1. The number of hydrogen-bond donors (Lipinski definition) is 1. The van der Waals surface area contributed by atoms with Crippen LogP contribution in [0.5, 0.6) is 0 Å². The molecular formula is C16H23ClFN. The van der Waals surface area contributed by atoms with Crippen molar-refractivity contribution in [3.8, 4) is 0 Å². The number of benzene rings is 1. The Morgan fingerprint density at radius 3 is 2.84 bits per heavy atom. The third-order valence-electron chi connectivity index (χ3n) is 3.88. The van der Waals surface area contributed by atoms with E-state index in [-0.39, 0.29) is 5.82 Å². The van der Waals surface area contributed by atoms with Crippen LogP contribution in [0.4, 0.5) is 10.1 Å². The van der Waals surface area contributed by atoms with E-state index in [1.54, 1.807) is 12.1 Å².